The molecule has 0 atom stereocenters. The van der Waals surface area contributed by atoms with E-state index in [-0.39, 0.29) is 5.41 Å². The molecule has 3 heterocycles. The third-order valence-electron chi connectivity index (χ3n) is 8.27. The molecular formula is C35H25N5. The van der Waals surface area contributed by atoms with Gasteiger partial charge in [0.25, 0.3) is 0 Å². The second-order valence-electron chi connectivity index (χ2n) is 11.0. The van der Waals surface area contributed by atoms with Gasteiger partial charge in [0, 0.05) is 23.4 Å². The average Bonchev–Trinajstić information content (AvgIpc) is 3.49. The highest BCUT2D eigenvalue weighted by Gasteiger charge is 2.39. The first-order valence-corrected chi connectivity index (χ1v) is 13.6. The zero-order chi connectivity index (χ0) is 26.8. The summed E-state index contributed by atoms with van der Waals surface area (Å²) in [5.74, 6) is 1.69. The molecule has 0 bridgehead atoms. The lowest BCUT2D eigenvalue weighted by molar-refractivity contribution is 0.654. The highest BCUT2D eigenvalue weighted by atomic mass is 15.1. The van der Waals surface area contributed by atoms with Gasteiger partial charge in [-0.05, 0) is 81.3 Å². The smallest absolute Gasteiger partial charge is 0.182 e. The molecule has 0 aliphatic heterocycles. The molecule has 2 aliphatic carbocycles. The van der Waals surface area contributed by atoms with E-state index < -0.39 is 0 Å². The van der Waals surface area contributed by atoms with Gasteiger partial charge in [0.1, 0.15) is 11.4 Å². The first-order chi connectivity index (χ1) is 19.6. The van der Waals surface area contributed by atoms with E-state index in [9.17, 15) is 0 Å². The van der Waals surface area contributed by atoms with Crippen LogP contribution in [0.5, 0.6) is 0 Å². The van der Waals surface area contributed by atoms with E-state index in [0.29, 0.717) is 28.9 Å². The highest BCUT2D eigenvalue weighted by molar-refractivity contribution is 5.89. The maximum Gasteiger partial charge on any atom is 0.182 e. The lowest BCUT2D eigenvalue weighted by atomic mass is 9.79. The molecule has 8 rings (SSSR count). The van der Waals surface area contributed by atoms with Crippen LogP contribution in [0, 0.1) is 0 Å². The SMILES string of the molecule is CC1(C)c2ccccc2-c2ccc3c(c21)Cc1cc(-c2nc(-c4ccccn4)nc(-c4ccccn4)n2)ccc1-3. The maximum absolute atomic E-state index is 4.87. The fourth-order valence-corrected chi connectivity index (χ4v) is 6.48. The van der Waals surface area contributed by atoms with Gasteiger partial charge in [-0.2, -0.15) is 0 Å². The molecule has 0 fully saturated rings. The molecule has 0 amide bonds. The van der Waals surface area contributed by atoms with Crippen LogP contribution in [0.25, 0.3) is 56.7 Å². The predicted octanol–water partition coefficient (Wildman–Crippen LogP) is 7.54. The van der Waals surface area contributed by atoms with Crippen molar-refractivity contribution in [2.45, 2.75) is 25.7 Å². The van der Waals surface area contributed by atoms with Crippen LogP contribution in [0.3, 0.4) is 0 Å². The normalized spacial score (nSPS) is 13.8. The third kappa shape index (κ3) is 3.37. The zero-order valence-electron chi connectivity index (χ0n) is 22.3. The molecule has 0 radical (unpaired) electrons. The second kappa shape index (κ2) is 8.48. The molecule has 40 heavy (non-hydrogen) atoms. The molecule has 5 nitrogen and oxygen atoms in total. The van der Waals surface area contributed by atoms with Crippen LogP contribution in [0.4, 0.5) is 0 Å². The lowest BCUT2D eigenvalue weighted by Gasteiger charge is -2.24. The van der Waals surface area contributed by atoms with Crippen LogP contribution in [0.1, 0.15) is 36.1 Å². The number of hydrogen-bond donors (Lipinski definition) is 0. The van der Waals surface area contributed by atoms with E-state index in [0.717, 1.165) is 12.0 Å². The summed E-state index contributed by atoms with van der Waals surface area (Å²) in [6.45, 7) is 4.71. The van der Waals surface area contributed by atoms with Gasteiger partial charge in [0.05, 0.1) is 0 Å². The summed E-state index contributed by atoms with van der Waals surface area (Å²) < 4.78 is 0. The molecule has 0 spiro atoms. The quantitative estimate of drug-likeness (QED) is 0.243. The van der Waals surface area contributed by atoms with Gasteiger partial charge in [0.2, 0.25) is 0 Å². The van der Waals surface area contributed by atoms with Crippen LogP contribution in [-0.4, -0.2) is 24.9 Å². The molecule has 190 valence electrons. The van der Waals surface area contributed by atoms with Crippen LogP contribution < -0.4 is 0 Å². The predicted molar refractivity (Wildman–Crippen MR) is 158 cm³/mol. The summed E-state index contributed by atoms with van der Waals surface area (Å²) in [5, 5.41) is 0. The number of hydrogen-bond acceptors (Lipinski definition) is 5. The fourth-order valence-electron chi connectivity index (χ4n) is 6.48. The van der Waals surface area contributed by atoms with Gasteiger partial charge in [0.15, 0.2) is 17.5 Å². The van der Waals surface area contributed by atoms with Gasteiger partial charge < -0.3 is 0 Å². The summed E-state index contributed by atoms with van der Waals surface area (Å²) >= 11 is 0. The second-order valence-corrected chi connectivity index (χ2v) is 11.0. The Labute approximate surface area is 232 Å². The average molecular weight is 516 g/mol. The number of rotatable bonds is 3. The lowest BCUT2D eigenvalue weighted by Crippen LogP contribution is -2.17. The number of fused-ring (bicyclic) bond motifs is 7. The van der Waals surface area contributed by atoms with Crippen LogP contribution in [-0.2, 0) is 11.8 Å². The summed E-state index contributed by atoms with van der Waals surface area (Å²) in [7, 11) is 0. The first-order valence-electron chi connectivity index (χ1n) is 13.6. The Morgan fingerprint density at radius 2 is 1.20 bits per heavy atom. The Morgan fingerprint density at radius 1 is 0.575 bits per heavy atom. The van der Waals surface area contributed by atoms with Gasteiger partial charge in [-0.3, -0.25) is 9.97 Å². The first kappa shape index (κ1) is 22.9. The molecule has 3 aromatic heterocycles. The van der Waals surface area contributed by atoms with Crippen molar-refractivity contribution >= 4 is 0 Å². The van der Waals surface area contributed by atoms with Crippen molar-refractivity contribution in [3.8, 4) is 56.7 Å². The van der Waals surface area contributed by atoms with Crippen molar-refractivity contribution in [2.24, 2.45) is 0 Å². The molecule has 0 unspecified atom stereocenters. The van der Waals surface area contributed by atoms with E-state index >= 15 is 0 Å². The molecular weight excluding hydrogens is 490 g/mol. The summed E-state index contributed by atoms with van der Waals surface area (Å²) in [4.78, 5) is 23.5. The van der Waals surface area contributed by atoms with E-state index in [1.807, 2.05) is 36.4 Å². The van der Waals surface area contributed by atoms with E-state index in [4.69, 9.17) is 15.0 Å². The standard InChI is InChI=1S/C35H25N5/c1-35(2)28-10-4-3-9-25(28)26-16-15-24-23-14-13-21(19-22(23)20-27(24)31(26)35)32-38-33(29-11-5-7-17-36-29)40-34(39-32)30-12-6-8-18-37-30/h3-19H,20H2,1-2H3. The third-order valence-corrected chi connectivity index (χ3v) is 8.27. The Kier molecular flexibility index (Phi) is 4.86. The molecule has 0 saturated carbocycles. The molecule has 0 saturated heterocycles. The van der Waals surface area contributed by atoms with Crippen molar-refractivity contribution in [3.63, 3.8) is 0 Å². The number of aromatic nitrogens is 5. The minimum atomic E-state index is -0.0362. The molecule has 3 aromatic carbocycles. The number of nitrogens with zero attached hydrogens (tertiary/aromatic N) is 5. The molecule has 2 aliphatic rings. The van der Waals surface area contributed by atoms with E-state index in [1.54, 1.807) is 12.4 Å². The molecule has 5 heteroatoms. The monoisotopic (exact) mass is 515 g/mol. The van der Waals surface area contributed by atoms with Gasteiger partial charge in [-0.25, -0.2) is 15.0 Å². The topological polar surface area (TPSA) is 64.5 Å². The number of benzene rings is 3. The summed E-state index contributed by atoms with van der Waals surface area (Å²) in [6.07, 6.45) is 4.40. The number of pyridine rings is 2. The van der Waals surface area contributed by atoms with Crippen LogP contribution >= 0.6 is 0 Å². The largest absolute Gasteiger partial charge is 0.253 e. The van der Waals surface area contributed by atoms with Gasteiger partial charge in [-0.15, -0.1) is 0 Å². The van der Waals surface area contributed by atoms with Crippen molar-refractivity contribution in [1.29, 1.82) is 0 Å². The van der Waals surface area contributed by atoms with Crippen LogP contribution in [0.15, 0.2) is 103 Å². The van der Waals surface area contributed by atoms with Gasteiger partial charge >= 0.3 is 0 Å². The van der Waals surface area contributed by atoms with Gasteiger partial charge in [-0.1, -0.05) is 74.5 Å². The van der Waals surface area contributed by atoms with E-state index in [2.05, 4.69) is 78.4 Å². The van der Waals surface area contributed by atoms with Crippen molar-refractivity contribution in [3.05, 3.63) is 126 Å². The van der Waals surface area contributed by atoms with Crippen LogP contribution in [0.2, 0.25) is 0 Å². The minimum Gasteiger partial charge on any atom is -0.253 e. The highest BCUT2D eigenvalue weighted by Crippen LogP contribution is 2.54. The fraction of sp³-hybridized carbons (Fsp3) is 0.114. The van der Waals surface area contributed by atoms with E-state index in [1.165, 1.54) is 44.5 Å². The zero-order valence-corrected chi connectivity index (χ0v) is 22.3. The van der Waals surface area contributed by atoms with Crippen molar-refractivity contribution in [2.75, 3.05) is 0 Å². The van der Waals surface area contributed by atoms with Crippen molar-refractivity contribution < 1.29 is 0 Å². The molecule has 6 aromatic rings. The Morgan fingerprint density at radius 3 is 1.90 bits per heavy atom. The Balaban J connectivity index is 1.25. The summed E-state index contributed by atoms with van der Waals surface area (Å²) in [5.41, 5.74) is 13.3. The Hall–Kier alpha value is -5.03. The van der Waals surface area contributed by atoms with Crippen molar-refractivity contribution in [1.82, 2.24) is 24.9 Å². The Bertz CT molecular complexity index is 1890. The maximum atomic E-state index is 4.87. The summed E-state index contributed by atoms with van der Waals surface area (Å²) in [6, 6.07) is 31.5. The molecule has 0 N–H and O–H groups in total. The minimum absolute atomic E-state index is 0.0362.